The lowest BCUT2D eigenvalue weighted by Gasteiger charge is -2.22. The molecule has 21 heavy (non-hydrogen) atoms. The number of nitrogens with one attached hydrogen (secondary N) is 1. The first-order valence-electron chi connectivity index (χ1n) is 6.75. The van der Waals surface area contributed by atoms with Crippen molar-refractivity contribution in [3.63, 3.8) is 0 Å². The third-order valence-electron chi connectivity index (χ3n) is 3.33. The Kier molecular flexibility index (Phi) is 4.19. The number of rotatable bonds is 6. The normalized spacial score (nSPS) is 14.1. The number of carbonyl (C=O) groups excluding carboxylic acids is 1. The third-order valence-corrected chi connectivity index (χ3v) is 4.19. The summed E-state index contributed by atoms with van der Waals surface area (Å²) in [5.74, 6) is 0.0150. The van der Waals surface area contributed by atoms with Crippen LogP contribution in [-0.2, 0) is 11.3 Å². The molecule has 0 unspecified atom stereocenters. The molecule has 1 aromatic carbocycles. The van der Waals surface area contributed by atoms with Crippen molar-refractivity contribution in [1.29, 1.82) is 0 Å². The minimum Gasteiger partial charge on any atom is -0.335 e. The number of amides is 1. The molecule has 1 heterocycles. The molecule has 0 radical (unpaired) electrons. The van der Waals surface area contributed by atoms with Crippen LogP contribution in [0.3, 0.4) is 0 Å². The summed E-state index contributed by atoms with van der Waals surface area (Å²) in [7, 11) is 0. The van der Waals surface area contributed by atoms with E-state index in [1.54, 1.807) is 23.1 Å². The zero-order chi connectivity index (χ0) is 14.7. The van der Waals surface area contributed by atoms with Crippen molar-refractivity contribution in [3.05, 3.63) is 42.0 Å². The van der Waals surface area contributed by atoms with E-state index in [1.165, 1.54) is 24.2 Å². The fraction of sp³-hybridized carbons (Fsp3) is 0.357. The van der Waals surface area contributed by atoms with Crippen LogP contribution in [0, 0.1) is 5.82 Å². The topological polar surface area (TPSA) is 61.9 Å². The van der Waals surface area contributed by atoms with Crippen molar-refractivity contribution in [2.45, 2.75) is 30.6 Å². The number of hydrogen-bond acceptors (Lipinski definition) is 4. The molecule has 1 aliphatic carbocycles. The number of thioether (sulfide) groups is 1. The lowest BCUT2D eigenvalue weighted by molar-refractivity contribution is -0.129. The summed E-state index contributed by atoms with van der Waals surface area (Å²) >= 11 is 1.31. The predicted molar refractivity (Wildman–Crippen MR) is 77.1 cm³/mol. The number of aromatic nitrogens is 3. The summed E-state index contributed by atoms with van der Waals surface area (Å²) in [4.78, 5) is 18.1. The first-order valence-corrected chi connectivity index (χ1v) is 7.73. The number of hydrogen-bond donors (Lipinski definition) is 1. The summed E-state index contributed by atoms with van der Waals surface area (Å²) in [6, 6.07) is 6.84. The summed E-state index contributed by atoms with van der Waals surface area (Å²) < 4.78 is 13.7. The highest BCUT2D eigenvalue weighted by Crippen LogP contribution is 2.29. The molecule has 0 saturated heterocycles. The molecule has 1 amide bonds. The van der Waals surface area contributed by atoms with Crippen molar-refractivity contribution in [2.24, 2.45) is 0 Å². The molecule has 0 spiro atoms. The summed E-state index contributed by atoms with van der Waals surface area (Å²) in [6.45, 7) is 0.327. The molecule has 0 bridgehead atoms. The van der Waals surface area contributed by atoms with E-state index >= 15 is 0 Å². The molecule has 2 aromatic rings. The molecule has 0 atom stereocenters. The van der Waals surface area contributed by atoms with Crippen LogP contribution < -0.4 is 0 Å². The minimum atomic E-state index is -0.265. The van der Waals surface area contributed by atoms with Gasteiger partial charge in [-0.15, -0.1) is 0 Å². The zero-order valence-corrected chi connectivity index (χ0v) is 12.1. The van der Waals surface area contributed by atoms with Gasteiger partial charge in [0.15, 0.2) is 5.16 Å². The van der Waals surface area contributed by atoms with Gasteiger partial charge in [-0.05, 0) is 18.9 Å². The van der Waals surface area contributed by atoms with Gasteiger partial charge in [-0.1, -0.05) is 30.0 Å². The molecule has 1 N–H and O–H groups in total. The largest absolute Gasteiger partial charge is 0.335 e. The fourth-order valence-corrected chi connectivity index (χ4v) is 2.76. The van der Waals surface area contributed by atoms with Gasteiger partial charge in [-0.3, -0.25) is 9.89 Å². The van der Waals surface area contributed by atoms with Crippen LogP contribution in [-0.4, -0.2) is 37.8 Å². The zero-order valence-electron chi connectivity index (χ0n) is 11.3. The standard InChI is InChI=1S/C14H15FN4OS/c15-12-4-2-1-3-10(12)7-19(11-5-6-11)13(20)8-21-14-16-9-17-18-14/h1-4,9,11H,5-8H2,(H,16,17,18). The van der Waals surface area contributed by atoms with Gasteiger partial charge in [-0.2, -0.15) is 5.10 Å². The molecule has 5 nitrogen and oxygen atoms in total. The number of halogens is 1. The quantitative estimate of drug-likeness (QED) is 0.831. The Hall–Kier alpha value is -1.89. The van der Waals surface area contributed by atoms with Crippen molar-refractivity contribution < 1.29 is 9.18 Å². The Morgan fingerprint density at radius 2 is 2.24 bits per heavy atom. The third kappa shape index (κ3) is 3.60. The van der Waals surface area contributed by atoms with Crippen LogP contribution in [0.1, 0.15) is 18.4 Å². The predicted octanol–water partition coefficient (Wildman–Crippen LogP) is 2.23. The van der Waals surface area contributed by atoms with Crippen molar-refractivity contribution in [3.8, 4) is 0 Å². The van der Waals surface area contributed by atoms with Crippen LogP contribution in [0.15, 0.2) is 35.7 Å². The number of carbonyl (C=O) groups is 1. The molecule has 3 rings (SSSR count). The average Bonchev–Trinajstić information content (AvgIpc) is 3.19. The summed E-state index contributed by atoms with van der Waals surface area (Å²) in [6.07, 6.45) is 3.39. The number of benzene rings is 1. The van der Waals surface area contributed by atoms with Gasteiger partial charge in [0.1, 0.15) is 12.1 Å². The maximum Gasteiger partial charge on any atom is 0.233 e. The molecule has 1 fully saturated rings. The molecule has 0 aliphatic heterocycles. The van der Waals surface area contributed by atoms with Gasteiger partial charge >= 0.3 is 0 Å². The van der Waals surface area contributed by atoms with Crippen LogP contribution >= 0.6 is 11.8 Å². The highest BCUT2D eigenvalue weighted by Gasteiger charge is 2.32. The summed E-state index contributed by atoms with van der Waals surface area (Å²) in [5, 5.41) is 7.06. The van der Waals surface area contributed by atoms with E-state index in [0.29, 0.717) is 17.3 Å². The van der Waals surface area contributed by atoms with Crippen LogP contribution in [0.4, 0.5) is 4.39 Å². The van der Waals surface area contributed by atoms with E-state index in [0.717, 1.165) is 12.8 Å². The van der Waals surface area contributed by atoms with Gasteiger partial charge in [0, 0.05) is 18.2 Å². The van der Waals surface area contributed by atoms with Crippen molar-refractivity contribution in [2.75, 3.05) is 5.75 Å². The highest BCUT2D eigenvalue weighted by atomic mass is 32.2. The Balaban J connectivity index is 1.64. The molecule has 1 aliphatic rings. The Labute approximate surface area is 125 Å². The Morgan fingerprint density at radius 3 is 2.90 bits per heavy atom. The van der Waals surface area contributed by atoms with E-state index in [4.69, 9.17) is 0 Å². The van der Waals surface area contributed by atoms with E-state index in [-0.39, 0.29) is 23.5 Å². The lowest BCUT2D eigenvalue weighted by Crippen LogP contribution is -2.34. The van der Waals surface area contributed by atoms with Gasteiger partial charge < -0.3 is 4.90 Å². The van der Waals surface area contributed by atoms with Crippen LogP contribution in [0.25, 0.3) is 0 Å². The number of H-pyrrole nitrogens is 1. The Bertz CT molecular complexity index is 615. The van der Waals surface area contributed by atoms with Gasteiger partial charge in [-0.25, -0.2) is 9.37 Å². The fourth-order valence-electron chi connectivity index (χ4n) is 2.09. The van der Waals surface area contributed by atoms with Crippen molar-refractivity contribution >= 4 is 17.7 Å². The van der Waals surface area contributed by atoms with E-state index in [2.05, 4.69) is 15.2 Å². The summed E-state index contributed by atoms with van der Waals surface area (Å²) in [5.41, 5.74) is 0.558. The van der Waals surface area contributed by atoms with E-state index < -0.39 is 0 Å². The molecule has 1 saturated carbocycles. The van der Waals surface area contributed by atoms with Gasteiger partial charge in [0.2, 0.25) is 5.91 Å². The monoisotopic (exact) mass is 306 g/mol. The van der Waals surface area contributed by atoms with Crippen LogP contribution in [0.5, 0.6) is 0 Å². The minimum absolute atomic E-state index is 0.00199. The second kappa shape index (κ2) is 6.26. The SMILES string of the molecule is O=C(CSc1ncn[nH]1)N(Cc1ccccc1F)C1CC1. The molecule has 1 aromatic heterocycles. The lowest BCUT2D eigenvalue weighted by atomic mass is 10.2. The van der Waals surface area contributed by atoms with Crippen molar-refractivity contribution in [1.82, 2.24) is 20.1 Å². The second-order valence-electron chi connectivity index (χ2n) is 4.92. The molecule has 7 heteroatoms. The number of aromatic amines is 1. The van der Waals surface area contributed by atoms with Crippen LogP contribution in [0.2, 0.25) is 0 Å². The maximum atomic E-state index is 13.7. The molecule has 110 valence electrons. The highest BCUT2D eigenvalue weighted by molar-refractivity contribution is 7.99. The number of nitrogens with zero attached hydrogens (tertiary/aromatic N) is 3. The van der Waals surface area contributed by atoms with E-state index in [9.17, 15) is 9.18 Å². The molecular formula is C14H15FN4OS. The second-order valence-corrected chi connectivity index (χ2v) is 5.89. The molecular weight excluding hydrogens is 291 g/mol. The van der Waals surface area contributed by atoms with Gasteiger partial charge in [0.25, 0.3) is 0 Å². The van der Waals surface area contributed by atoms with Gasteiger partial charge in [0.05, 0.1) is 5.75 Å². The average molecular weight is 306 g/mol. The first kappa shape index (κ1) is 14.1. The maximum absolute atomic E-state index is 13.7. The smallest absolute Gasteiger partial charge is 0.233 e. The Morgan fingerprint density at radius 1 is 1.43 bits per heavy atom. The van der Waals surface area contributed by atoms with E-state index in [1.807, 2.05) is 0 Å². The first-order chi connectivity index (χ1) is 10.2.